The van der Waals surface area contributed by atoms with Crippen LogP contribution in [0.3, 0.4) is 0 Å². The van der Waals surface area contributed by atoms with Gasteiger partial charge in [-0.05, 0) is 61.5 Å². The van der Waals surface area contributed by atoms with Gasteiger partial charge < -0.3 is 10.6 Å². The van der Waals surface area contributed by atoms with E-state index in [0.29, 0.717) is 27.5 Å². The molecule has 4 aromatic rings. The van der Waals surface area contributed by atoms with Gasteiger partial charge in [0.05, 0.1) is 5.69 Å². The van der Waals surface area contributed by atoms with E-state index in [2.05, 4.69) is 10.6 Å². The van der Waals surface area contributed by atoms with Gasteiger partial charge >= 0.3 is 0 Å². The lowest BCUT2D eigenvalue weighted by molar-refractivity contribution is -0.120. The summed E-state index contributed by atoms with van der Waals surface area (Å²) in [6, 6.07) is 32.6. The molecule has 0 saturated carbocycles. The van der Waals surface area contributed by atoms with Crippen LogP contribution < -0.4 is 15.5 Å². The number of carbonyl (C=O) groups excluding carboxylic acids is 3. The van der Waals surface area contributed by atoms with E-state index in [-0.39, 0.29) is 16.5 Å². The first-order valence-electron chi connectivity index (χ1n) is 11.7. The van der Waals surface area contributed by atoms with Crippen molar-refractivity contribution in [3.05, 3.63) is 131 Å². The molecular formula is C30H23N3O3S. The van der Waals surface area contributed by atoms with Gasteiger partial charge in [-0.3, -0.25) is 14.4 Å². The van der Waals surface area contributed by atoms with Crippen molar-refractivity contribution in [3.8, 4) is 0 Å². The minimum absolute atomic E-state index is 0.210. The van der Waals surface area contributed by atoms with Crippen LogP contribution in [0.4, 0.5) is 17.1 Å². The molecule has 3 amide bonds. The van der Waals surface area contributed by atoms with Gasteiger partial charge in [-0.25, -0.2) is 4.90 Å². The predicted molar refractivity (Wildman–Crippen MR) is 147 cm³/mol. The number of rotatable bonds is 7. The average Bonchev–Trinajstić information content (AvgIpc) is 3.15. The average molecular weight is 506 g/mol. The van der Waals surface area contributed by atoms with Crippen LogP contribution in [0.2, 0.25) is 0 Å². The molecule has 0 saturated heterocycles. The van der Waals surface area contributed by atoms with Crippen molar-refractivity contribution in [3.63, 3.8) is 0 Å². The van der Waals surface area contributed by atoms with E-state index in [1.165, 1.54) is 16.7 Å². The van der Waals surface area contributed by atoms with Gasteiger partial charge in [0.25, 0.3) is 17.7 Å². The zero-order chi connectivity index (χ0) is 25.8. The third-order valence-corrected chi connectivity index (χ3v) is 6.80. The maximum absolute atomic E-state index is 13.5. The molecule has 1 heterocycles. The number of nitrogens with zero attached hydrogens (tertiary/aromatic N) is 1. The number of carbonyl (C=O) groups is 3. The second-order valence-corrected chi connectivity index (χ2v) is 9.51. The third kappa shape index (κ3) is 5.32. The summed E-state index contributed by atoms with van der Waals surface area (Å²) in [5.74, 6) is -1.06. The highest BCUT2D eigenvalue weighted by molar-refractivity contribution is 8.04. The van der Waals surface area contributed by atoms with Gasteiger partial charge in [-0.2, -0.15) is 0 Å². The largest absolute Gasteiger partial charge is 0.350 e. The highest BCUT2D eigenvalue weighted by Gasteiger charge is 2.40. The minimum Gasteiger partial charge on any atom is -0.350 e. The lowest BCUT2D eigenvalue weighted by Gasteiger charge is -2.15. The molecule has 1 aliphatic rings. The molecule has 0 unspecified atom stereocenters. The molecule has 0 aliphatic carbocycles. The van der Waals surface area contributed by atoms with Gasteiger partial charge in [-0.1, -0.05) is 71.9 Å². The summed E-state index contributed by atoms with van der Waals surface area (Å²) in [4.78, 5) is 41.8. The minimum atomic E-state index is -0.423. The van der Waals surface area contributed by atoms with Crippen molar-refractivity contribution in [2.45, 2.75) is 11.8 Å². The lowest BCUT2D eigenvalue weighted by Crippen LogP contribution is -2.32. The molecule has 0 bridgehead atoms. The Balaban J connectivity index is 1.45. The summed E-state index contributed by atoms with van der Waals surface area (Å²) < 4.78 is 0. The van der Waals surface area contributed by atoms with E-state index in [1.807, 2.05) is 49.4 Å². The summed E-state index contributed by atoms with van der Waals surface area (Å²) in [7, 11) is 0. The quantitative estimate of drug-likeness (QED) is 0.291. The summed E-state index contributed by atoms with van der Waals surface area (Å²) in [6.07, 6.45) is 0. The molecule has 4 aromatic carbocycles. The summed E-state index contributed by atoms with van der Waals surface area (Å²) in [5, 5.41) is 6.05. The van der Waals surface area contributed by atoms with Crippen LogP contribution in [0, 0.1) is 6.92 Å². The first-order chi connectivity index (χ1) is 18.0. The zero-order valence-electron chi connectivity index (χ0n) is 20.0. The van der Waals surface area contributed by atoms with Crippen LogP contribution >= 0.6 is 11.8 Å². The second-order valence-electron chi connectivity index (χ2n) is 8.43. The molecule has 6 nitrogen and oxygen atoms in total. The van der Waals surface area contributed by atoms with E-state index in [0.717, 1.165) is 5.56 Å². The van der Waals surface area contributed by atoms with Crippen molar-refractivity contribution in [1.29, 1.82) is 0 Å². The second kappa shape index (κ2) is 10.6. The first-order valence-corrected chi connectivity index (χ1v) is 12.5. The molecule has 0 atom stereocenters. The van der Waals surface area contributed by atoms with Crippen LogP contribution in [0.25, 0.3) is 0 Å². The van der Waals surface area contributed by atoms with Crippen molar-refractivity contribution >= 4 is 46.5 Å². The number of benzene rings is 4. The Morgan fingerprint density at radius 2 is 1.41 bits per heavy atom. The van der Waals surface area contributed by atoms with Gasteiger partial charge in [-0.15, -0.1) is 0 Å². The maximum Gasteiger partial charge on any atom is 0.283 e. The Hall–Kier alpha value is -4.62. The number of nitrogens with one attached hydrogen (secondary N) is 2. The molecule has 0 spiro atoms. The highest BCUT2D eigenvalue weighted by atomic mass is 32.2. The molecule has 5 rings (SSSR count). The van der Waals surface area contributed by atoms with Gasteiger partial charge in [0, 0.05) is 21.8 Å². The van der Waals surface area contributed by atoms with Gasteiger partial charge in [0.2, 0.25) is 0 Å². The van der Waals surface area contributed by atoms with Crippen LogP contribution in [-0.4, -0.2) is 17.7 Å². The van der Waals surface area contributed by atoms with E-state index >= 15 is 0 Å². The van der Waals surface area contributed by atoms with E-state index in [4.69, 9.17) is 0 Å². The molecular weight excluding hydrogens is 482 g/mol. The summed E-state index contributed by atoms with van der Waals surface area (Å²) >= 11 is 1.18. The summed E-state index contributed by atoms with van der Waals surface area (Å²) in [5.41, 5.74) is 3.63. The van der Waals surface area contributed by atoms with Gasteiger partial charge in [0.1, 0.15) is 10.6 Å². The number of hydrogen-bond donors (Lipinski definition) is 2. The Labute approximate surface area is 219 Å². The standard InChI is InChI=1S/C30H23N3O3S/c1-20-15-17-22(18-16-20)31-26-27(30(36)33(29(26)35)24-12-6-3-7-13-24)37-25-14-8-11-23(19-25)32-28(34)21-9-4-2-5-10-21/h2-19,31H,1H3,(H,32,34). The van der Waals surface area contributed by atoms with Gasteiger partial charge in [0.15, 0.2) is 0 Å². The van der Waals surface area contributed by atoms with Crippen LogP contribution in [0.5, 0.6) is 0 Å². The zero-order valence-corrected chi connectivity index (χ0v) is 20.8. The topological polar surface area (TPSA) is 78.5 Å². The monoisotopic (exact) mass is 505 g/mol. The number of amides is 3. The fourth-order valence-corrected chi connectivity index (χ4v) is 4.84. The molecule has 7 heteroatoms. The normalized spacial score (nSPS) is 13.2. The molecule has 2 N–H and O–H groups in total. The van der Waals surface area contributed by atoms with E-state index in [1.54, 1.807) is 66.7 Å². The van der Waals surface area contributed by atoms with Crippen molar-refractivity contribution in [2.24, 2.45) is 0 Å². The van der Waals surface area contributed by atoms with Crippen LogP contribution in [-0.2, 0) is 9.59 Å². The molecule has 1 aliphatic heterocycles. The fraction of sp³-hybridized carbons (Fsp3) is 0.0333. The van der Waals surface area contributed by atoms with E-state index < -0.39 is 11.8 Å². The third-order valence-electron chi connectivity index (χ3n) is 5.72. The molecule has 0 radical (unpaired) electrons. The molecule has 0 aromatic heterocycles. The van der Waals surface area contributed by atoms with Crippen LogP contribution in [0.15, 0.2) is 125 Å². The Kier molecular flexibility index (Phi) is 6.87. The first kappa shape index (κ1) is 24.1. The number of hydrogen-bond acceptors (Lipinski definition) is 5. The lowest BCUT2D eigenvalue weighted by atomic mass is 10.2. The summed E-state index contributed by atoms with van der Waals surface area (Å²) in [6.45, 7) is 1.98. The molecule has 0 fully saturated rings. The highest BCUT2D eigenvalue weighted by Crippen LogP contribution is 2.38. The maximum atomic E-state index is 13.5. The number of anilines is 3. The van der Waals surface area contributed by atoms with Crippen molar-refractivity contribution in [2.75, 3.05) is 15.5 Å². The number of aryl methyl sites for hydroxylation is 1. The van der Waals surface area contributed by atoms with Crippen molar-refractivity contribution in [1.82, 2.24) is 0 Å². The number of thioether (sulfide) groups is 1. The Morgan fingerprint density at radius 1 is 0.730 bits per heavy atom. The smallest absolute Gasteiger partial charge is 0.283 e. The SMILES string of the molecule is Cc1ccc(NC2=C(Sc3cccc(NC(=O)c4ccccc4)c3)C(=O)N(c3ccccc3)C2=O)cc1. The van der Waals surface area contributed by atoms with E-state index in [9.17, 15) is 14.4 Å². The Morgan fingerprint density at radius 3 is 2.11 bits per heavy atom. The van der Waals surface area contributed by atoms with Crippen LogP contribution in [0.1, 0.15) is 15.9 Å². The predicted octanol–water partition coefficient (Wildman–Crippen LogP) is 6.24. The molecule has 182 valence electrons. The molecule has 37 heavy (non-hydrogen) atoms. The number of para-hydroxylation sites is 1. The number of imide groups is 1. The van der Waals surface area contributed by atoms with Crippen molar-refractivity contribution < 1.29 is 14.4 Å². The fourth-order valence-electron chi connectivity index (χ4n) is 3.86. The Bertz CT molecular complexity index is 1500.